The SMILES string of the molecule is COc1cc2c(cc1OC)CN(Cc1ccc(-c3ccc(O)cc3N)cc1)CC2. The Labute approximate surface area is 171 Å². The number of fused-ring (bicyclic) bond motifs is 1. The second kappa shape index (κ2) is 8.05. The summed E-state index contributed by atoms with van der Waals surface area (Å²) >= 11 is 0. The van der Waals surface area contributed by atoms with Gasteiger partial charge in [0, 0.05) is 37.0 Å². The maximum Gasteiger partial charge on any atom is 0.161 e. The molecule has 0 fully saturated rings. The summed E-state index contributed by atoms with van der Waals surface area (Å²) in [4.78, 5) is 2.44. The minimum absolute atomic E-state index is 0.183. The molecule has 1 aliphatic heterocycles. The minimum Gasteiger partial charge on any atom is -0.508 e. The first-order valence-corrected chi connectivity index (χ1v) is 9.71. The Kier molecular flexibility index (Phi) is 5.32. The Morgan fingerprint density at radius 1 is 0.931 bits per heavy atom. The van der Waals surface area contributed by atoms with E-state index in [-0.39, 0.29) is 5.75 Å². The molecule has 4 rings (SSSR count). The fourth-order valence-electron chi connectivity index (χ4n) is 3.94. The maximum absolute atomic E-state index is 9.54. The lowest BCUT2D eigenvalue weighted by molar-refractivity contribution is 0.244. The summed E-state index contributed by atoms with van der Waals surface area (Å²) in [5, 5.41) is 9.54. The van der Waals surface area contributed by atoms with Crippen LogP contribution in [0.3, 0.4) is 0 Å². The van der Waals surface area contributed by atoms with Crippen molar-refractivity contribution < 1.29 is 14.6 Å². The van der Waals surface area contributed by atoms with E-state index in [1.54, 1.807) is 26.4 Å². The molecule has 29 heavy (non-hydrogen) atoms. The topological polar surface area (TPSA) is 68.0 Å². The van der Waals surface area contributed by atoms with Crippen molar-refractivity contribution in [1.29, 1.82) is 0 Å². The van der Waals surface area contributed by atoms with E-state index in [2.05, 4.69) is 41.3 Å². The van der Waals surface area contributed by atoms with Gasteiger partial charge in [-0.2, -0.15) is 0 Å². The van der Waals surface area contributed by atoms with E-state index in [9.17, 15) is 5.11 Å². The van der Waals surface area contributed by atoms with Crippen molar-refractivity contribution in [3.8, 4) is 28.4 Å². The predicted octanol–water partition coefficient (Wildman–Crippen LogP) is 4.22. The third kappa shape index (κ3) is 4.00. The van der Waals surface area contributed by atoms with Crippen LogP contribution in [-0.2, 0) is 19.5 Å². The first-order valence-electron chi connectivity index (χ1n) is 9.71. The zero-order chi connectivity index (χ0) is 20.4. The van der Waals surface area contributed by atoms with Gasteiger partial charge in [0.15, 0.2) is 11.5 Å². The van der Waals surface area contributed by atoms with Crippen LogP contribution in [-0.4, -0.2) is 30.8 Å². The molecular formula is C24H26N2O3. The largest absolute Gasteiger partial charge is 0.508 e. The first-order chi connectivity index (χ1) is 14.1. The molecule has 0 unspecified atom stereocenters. The highest BCUT2D eigenvalue weighted by molar-refractivity contribution is 5.77. The summed E-state index contributed by atoms with van der Waals surface area (Å²) in [6.07, 6.45) is 0.998. The highest BCUT2D eigenvalue weighted by atomic mass is 16.5. The highest BCUT2D eigenvalue weighted by Crippen LogP contribution is 2.34. The number of rotatable bonds is 5. The number of anilines is 1. The molecule has 0 atom stereocenters. The smallest absolute Gasteiger partial charge is 0.161 e. The van der Waals surface area contributed by atoms with Gasteiger partial charge in [-0.1, -0.05) is 24.3 Å². The molecule has 5 heteroatoms. The summed E-state index contributed by atoms with van der Waals surface area (Å²) in [5.74, 6) is 1.76. The molecule has 5 nitrogen and oxygen atoms in total. The standard InChI is InChI=1S/C24H26N2O3/c1-28-23-11-18-9-10-26(15-19(18)12-24(23)29-2)14-16-3-5-17(6-4-16)21-8-7-20(27)13-22(21)25/h3-8,11-13,27H,9-10,14-15,25H2,1-2H3. The van der Waals surface area contributed by atoms with E-state index in [4.69, 9.17) is 15.2 Å². The average molecular weight is 390 g/mol. The van der Waals surface area contributed by atoms with Crippen LogP contribution in [0.2, 0.25) is 0 Å². The number of aromatic hydroxyl groups is 1. The van der Waals surface area contributed by atoms with Gasteiger partial charge < -0.3 is 20.3 Å². The number of ether oxygens (including phenoxy) is 2. The number of nitrogen functional groups attached to an aromatic ring is 1. The average Bonchev–Trinajstić information content (AvgIpc) is 2.73. The van der Waals surface area contributed by atoms with Gasteiger partial charge in [0.2, 0.25) is 0 Å². The van der Waals surface area contributed by atoms with Crippen LogP contribution in [0.15, 0.2) is 54.6 Å². The van der Waals surface area contributed by atoms with Gasteiger partial charge in [0.1, 0.15) is 5.75 Å². The van der Waals surface area contributed by atoms with Crippen molar-refractivity contribution in [2.45, 2.75) is 19.5 Å². The van der Waals surface area contributed by atoms with Crippen LogP contribution < -0.4 is 15.2 Å². The second-order valence-electron chi connectivity index (χ2n) is 7.41. The lowest BCUT2D eigenvalue weighted by Crippen LogP contribution is -2.30. The summed E-state index contributed by atoms with van der Waals surface area (Å²) in [6.45, 7) is 2.79. The van der Waals surface area contributed by atoms with Gasteiger partial charge in [0.25, 0.3) is 0 Å². The van der Waals surface area contributed by atoms with Crippen LogP contribution in [0.5, 0.6) is 17.2 Å². The number of hydrogen-bond acceptors (Lipinski definition) is 5. The summed E-state index contributed by atoms with van der Waals surface area (Å²) < 4.78 is 10.9. The first kappa shape index (κ1) is 19.2. The van der Waals surface area contributed by atoms with Crippen LogP contribution in [0.1, 0.15) is 16.7 Å². The van der Waals surface area contributed by atoms with E-state index in [1.807, 2.05) is 6.07 Å². The van der Waals surface area contributed by atoms with Crippen molar-refractivity contribution in [2.24, 2.45) is 0 Å². The molecule has 150 valence electrons. The number of methoxy groups -OCH3 is 2. The molecule has 0 aromatic heterocycles. The molecule has 0 spiro atoms. The van der Waals surface area contributed by atoms with Crippen molar-refractivity contribution in [2.75, 3.05) is 26.5 Å². The Balaban J connectivity index is 1.48. The quantitative estimate of drug-likeness (QED) is 0.639. The molecule has 0 aliphatic carbocycles. The van der Waals surface area contributed by atoms with Crippen LogP contribution >= 0.6 is 0 Å². The second-order valence-corrected chi connectivity index (χ2v) is 7.41. The number of phenolic OH excluding ortho intramolecular Hbond substituents is 1. The van der Waals surface area contributed by atoms with Crippen molar-refractivity contribution in [1.82, 2.24) is 4.90 Å². The summed E-state index contributed by atoms with van der Waals surface area (Å²) in [7, 11) is 3.35. The van der Waals surface area contributed by atoms with Gasteiger partial charge in [-0.25, -0.2) is 0 Å². The molecule has 3 aromatic rings. The third-order valence-corrected chi connectivity index (χ3v) is 5.50. The maximum atomic E-state index is 9.54. The van der Waals surface area contributed by atoms with E-state index < -0.39 is 0 Å². The van der Waals surface area contributed by atoms with Crippen molar-refractivity contribution >= 4 is 5.69 Å². The summed E-state index contributed by atoms with van der Waals surface area (Å²) in [5.41, 5.74) is 12.5. The van der Waals surface area contributed by atoms with Crippen molar-refractivity contribution in [3.05, 3.63) is 71.3 Å². The molecule has 0 saturated heterocycles. The van der Waals surface area contributed by atoms with Crippen LogP contribution in [0.4, 0.5) is 5.69 Å². The summed E-state index contributed by atoms with van der Waals surface area (Å²) in [6, 6.07) is 17.7. The molecule has 3 N–H and O–H groups in total. The fraction of sp³-hybridized carbons (Fsp3) is 0.250. The van der Waals surface area contributed by atoms with E-state index in [1.165, 1.54) is 16.7 Å². The van der Waals surface area contributed by atoms with E-state index in [0.29, 0.717) is 5.69 Å². The van der Waals surface area contributed by atoms with Gasteiger partial charge in [-0.3, -0.25) is 4.90 Å². The minimum atomic E-state index is 0.183. The molecule has 0 amide bonds. The molecular weight excluding hydrogens is 364 g/mol. The number of nitrogens with zero attached hydrogens (tertiary/aromatic N) is 1. The van der Waals surface area contributed by atoms with E-state index in [0.717, 1.165) is 48.7 Å². The Hall–Kier alpha value is -3.18. The highest BCUT2D eigenvalue weighted by Gasteiger charge is 2.19. The number of benzene rings is 3. The Bertz CT molecular complexity index is 1020. The molecule has 1 heterocycles. The Morgan fingerprint density at radius 2 is 1.62 bits per heavy atom. The van der Waals surface area contributed by atoms with E-state index >= 15 is 0 Å². The molecule has 3 aromatic carbocycles. The molecule has 1 aliphatic rings. The Morgan fingerprint density at radius 3 is 2.28 bits per heavy atom. The van der Waals surface area contributed by atoms with Crippen LogP contribution in [0.25, 0.3) is 11.1 Å². The monoisotopic (exact) mass is 390 g/mol. The lowest BCUT2D eigenvalue weighted by Gasteiger charge is -2.29. The van der Waals surface area contributed by atoms with Gasteiger partial charge >= 0.3 is 0 Å². The number of phenols is 1. The zero-order valence-corrected chi connectivity index (χ0v) is 16.8. The fourth-order valence-corrected chi connectivity index (χ4v) is 3.94. The van der Waals surface area contributed by atoms with Gasteiger partial charge in [-0.15, -0.1) is 0 Å². The lowest BCUT2D eigenvalue weighted by atomic mass is 9.98. The van der Waals surface area contributed by atoms with Crippen LogP contribution in [0, 0.1) is 0 Å². The third-order valence-electron chi connectivity index (χ3n) is 5.50. The number of nitrogens with two attached hydrogens (primary N) is 1. The zero-order valence-electron chi connectivity index (χ0n) is 16.8. The molecule has 0 saturated carbocycles. The van der Waals surface area contributed by atoms with Gasteiger partial charge in [-0.05, 0) is 52.9 Å². The normalized spacial score (nSPS) is 13.7. The molecule has 0 radical (unpaired) electrons. The number of hydrogen-bond donors (Lipinski definition) is 2. The predicted molar refractivity (Wildman–Crippen MR) is 115 cm³/mol. The van der Waals surface area contributed by atoms with Gasteiger partial charge in [0.05, 0.1) is 14.2 Å². The molecule has 0 bridgehead atoms. The van der Waals surface area contributed by atoms with Crippen molar-refractivity contribution in [3.63, 3.8) is 0 Å².